The maximum Gasteiger partial charge on any atom is 0.252 e. The van der Waals surface area contributed by atoms with E-state index in [9.17, 15) is 4.79 Å². The molecule has 1 fully saturated rings. The average molecular weight is 296 g/mol. The van der Waals surface area contributed by atoms with Crippen molar-refractivity contribution < 1.29 is 4.79 Å². The van der Waals surface area contributed by atoms with Crippen LogP contribution in [0.15, 0.2) is 18.2 Å². The molecular weight excluding hydrogens is 274 g/mol. The van der Waals surface area contributed by atoms with E-state index in [1.165, 1.54) is 0 Å². The van der Waals surface area contributed by atoms with Crippen molar-refractivity contribution in [3.63, 3.8) is 0 Å². The number of nitrogens with one attached hydrogen (secondary N) is 1. The van der Waals surface area contributed by atoms with Crippen LogP contribution >= 0.6 is 11.6 Å². The highest BCUT2D eigenvalue weighted by Crippen LogP contribution is 2.20. The lowest BCUT2D eigenvalue weighted by atomic mass is 9.96. The van der Waals surface area contributed by atoms with E-state index in [-0.39, 0.29) is 5.91 Å². The Hall–Kier alpha value is -1.26. The molecule has 1 aromatic carbocycles. The zero-order chi connectivity index (χ0) is 14.5. The lowest BCUT2D eigenvalue weighted by Crippen LogP contribution is -2.38. The Morgan fingerprint density at radius 3 is 2.80 bits per heavy atom. The summed E-state index contributed by atoms with van der Waals surface area (Å²) in [5.41, 5.74) is 6.70. The minimum atomic E-state index is -0.139. The second-order valence-corrected chi connectivity index (χ2v) is 5.73. The molecule has 1 aromatic rings. The van der Waals surface area contributed by atoms with Crippen LogP contribution in [0.25, 0.3) is 0 Å². The van der Waals surface area contributed by atoms with Crippen LogP contribution in [0.5, 0.6) is 0 Å². The topological polar surface area (TPSA) is 58.4 Å². The third kappa shape index (κ3) is 3.87. The van der Waals surface area contributed by atoms with Gasteiger partial charge in [-0.05, 0) is 56.6 Å². The van der Waals surface area contributed by atoms with E-state index in [1.54, 1.807) is 18.2 Å². The molecule has 20 heavy (non-hydrogen) atoms. The van der Waals surface area contributed by atoms with E-state index in [1.807, 2.05) is 0 Å². The number of likely N-dealkylation sites (tertiary alicyclic amines) is 1. The number of amides is 1. The van der Waals surface area contributed by atoms with Crippen molar-refractivity contribution in [1.82, 2.24) is 10.2 Å². The van der Waals surface area contributed by atoms with Crippen molar-refractivity contribution in [2.45, 2.75) is 19.8 Å². The first-order valence-corrected chi connectivity index (χ1v) is 7.53. The zero-order valence-electron chi connectivity index (χ0n) is 11.9. The zero-order valence-corrected chi connectivity index (χ0v) is 12.6. The molecule has 1 amide bonds. The fourth-order valence-corrected chi connectivity index (χ4v) is 2.76. The Bertz CT molecular complexity index is 470. The Labute approximate surface area is 125 Å². The predicted octanol–water partition coefficient (Wildman–Crippen LogP) is 2.38. The number of benzene rings is 1. The van der Waals surface area contributed by atoms with Gasteiger partial charge in [0.25, 0.3) is 5.91 Å². The number of hydrogen-bond donors (Lipinski definition) is 2. The number of anilines is 1. The second-order valence-electron chi connectivity index (χ2n) is 5.33. The number of nitrogen functional groups attached to an aromatic ring is 1. The Kier molecular flexibility index (Phi) is 5.26. The first-order valence-electron chi connectivity index (χ1n) is 7.15. The van der Waals surface area contributed by atoms with Gasteiger partial charge in [0.2, 0.25) is 0 Å². The number of nitrogens with two attached hydrogens (primary N) is 1. The van der Waals surface area contributed by atoms with Crippen molar-refractivity contribution in [3.8, 4) is 0 Å². The number of halogens is 1. The van der Waals surface area contributed by atoms with Crippen LogP contribution in [-0.2, 0) is 0 Å². The van der Waals surface area contributed by atoms with Gasteiger partial charge in [-0.2, -0.15) is 0 Å². The van der Waals surface area contributed by atoms with Gasteiger partial charge >= 0.3 is 0 Å². The molecule has 1 aliphatic rings. The first-order chi connectivity index (χ1) is 9.60. The van der Waals surface area contributed by atoms with Crippen LogP contribution in [0.4, 0.5) is 5.69 Å². The molecule has 0 aromatic heterocycles. The summed E-state index contributed by atoms with van der Waals surface area (Å²) in [5, 5.41) is 3.41. The molecule has 5 heteroatoms. The van der Waals surface area contributed by atoms with Crippen molar-refractivity contribution in [1.29, 1.82) is 0 Å². The maximum absolute atomic E-state index is 12.1. The molecule has 1 aliphatic heterocycles. The lowest BCUT2D eigenvalue weighted by Gasteiger charge is -2.31. The van der Waals surface area contributed by atoms with Crippen LogP contribution < -0.4 is 11.1 Å². The summed E-state index contributed by atoms with van der Waals surface area (Å²) in [6, 6.07) is 4.97. The second kappa shape index (κ2) is 6.95. The molecule has 0 radical (unpaired) electrons. The van der Waals surface area contributed by atoms with E-state index in [0.29, 0.717) is 28.7 Å². The summed E-state index contributed by atoms with van der Waals surface area (Å²) in [5.74, 6) is 0.418. The Morgan fingerprint density at radius 1 is 1.45 bits per heavy atom. The van der Waals surface area contributed by atoms with Crippen LogP contribution in [0.2, 0.25) is 5.02 Å². The van der Waals surface area contributed by atoms with Gasteiger partial charge in [-0.1, -0.05) is 18.5 Å². The first kappa shape index (κ1) is 15.1. The lowest BCUT2D eigenvalue weighted by molar-refractivity contribution is 0.0937. The molecule has 3 N–H and O–H groups in total. The molecule has 0 atom stereocenters. The highest BCUT2D eigenvalue weighted by molar-refractivity contribution is 6.34. The fourth-order valence-electron chi connectivity index (χ4n) is 2.56. The molecule has 0 aliphatic carbocycles. The molecular formula is C15H22ClN3O. The van der Waals surface area contributed by atoms with Gasteiger partial charge in [0.05, 0.1) is 10.6 Å². The molecule has 110 valence electrons. The fraction of sp³-hybridized carbons (Fsp3) is 0.533. The number of nitrogens with zero attached hydrogens (tertiary/aromatic N) is 1. The predicted molar refractivity (Wildman–Crippen MR) is 83.0 cm³/mol. The van der Waals surface area contributed by atoms with Crippen molar-refractivity contribution in [3.05, 3.63) is 28.8 Å². The minimum absolute atomic E-state index is 0.139. The van der Waals surface area contributed by atoms with Gasteiger partial charge in [0, 0.05) is 12.2 Å². The third-order valence-corrected chi connectivity index (χ3v) is 4.27. The SMILES string of the molecule is CCN1CCC(CNC(=O)c2cc(N)ccc2Cl)CC1. The highest BCUT2D eigenvalue weighted by atomic mass is 35.5. The van der Waals surface area contributed by atoms with Gasteiger partial charge in [-0.3, -0.25) is 4.79 Å². The maximum atomic E-state index is 12.1. The Balaban J connectivity index is 1.85. The van der Waals surface area contributed by atoms with Crippen LogP contribution in [0.1, 0.15) is 30.1 Å². The highest BCUT2D eigenvalue weighted by Gasteiger charge is 2.19. The average Bonchev–Trinajstić information content (AvgIpc) is 2.47. The van der Waals surface area contributed by atoms with Gasteiger partial charge < -0.3 is 16.0 Å². The molecule has 1 saturated heterocycles. The van der Waals surface area contributed by atoms with Gasteiger partial charge in [-0.15, -0.1) is 0 Å². The molecule has 0 unspecified atom stereocenters. The summed E-state index contributed by atoms with van der Waals surface area (Å²) in [7, 11) is 0. The standard InChI is InChI=1S/C15H22ClN3O/c1-2-19-7-5-11(6-8-19)10-18-15(20)13-9-12(17)3-4-14(13)16/h3-4,9,11H,2,5-8,10,17H2,1H3,(H,18,20). The monoisotopic (exact) mass is 295 g/mol. The normalized spacial score (nSPS) is 17.1. The van der Waals surface area contributed by atoms with E-state index in [2.05, 4.69) is 17.1 Å². The Morgan fingerprint density at radius 2 is 2.15 bits per heavy atom. The van der Waals surface area contributed by atoms with Gasteiger partial charge in [-0.25, -0.2) is 0 Å². The number of carbonyl (C=O) groups excluding carboxylic acids is 1. The van der Waals surface area contributed by atoms with Crippen molar-refractivity contribution in [2.75, 3.05) is 31.9 Å². The molecule has 1 heterocycles. The van der Waals surface area contributed by atoms with Crippen LogP contribution in [-0.4, -0.2) is 37.0 Å². The largest absolute Gasteiger partial charge is 0.399 e. The molecule has 0 saturated carbocycles. The van der Waals surface area contributed by atoms with E-state index < -0.39 is 0 Å². The molecule has 4 nitrogen and oxygen atoms in total. The quantitative estimate of drug-likeness (QED) is 0.839. The third-order valence-electron chi connectivity index (χ3n) is 3.94. The minimum Gasteiger partial charge on any atom is -0.399 e. The van der Waals surface area contributed by atoms with Gasteiger partial charge in [0.15, 0.2) is 0 Å². The smallest absolute Gasteiger partial charge is 0.252 e. The summed E-state index contributed by atoms with van der Waals surface area (Å²) >= 11 is 6.03. The van der Waals surface area contributed by atoms with E-state index in [0.717, 1.165) is 32.5 Å². The summed E-state index contributed by atoms with van der Waals surface area (Å²) in [4.78, 5) is 14.6. The number of piperidine rings is 1. The van der Waals surface area contributed by atoms with Crippen LogP contribution in [0, 0.1) is 5.92 Å². The number of hydrogen-bond acceptors (Lipinski definition) is 3. The van der Waals surface area contributed by atoms with E-state index in [4.69, 9.17) is 17.3 Å². The number of carbonyl (C=O) groups is 1. The van der Waals surface area contributed by atoms with Gasteiger partial charge in [0.1, 0.15) is 0 Å². The summed E-state index contributed by atoms with van der Waals surface area (Å²) in [6.07, 6.45) is 2.28. The van der Waals surface area contributed by atoms with Crippen molar-refractivity contribution in [2.24, 2.45) is 5.92 Å². The van der Waals surface area contributed by atoms with Crippen molar-refractivity contribution >= 4 is 23.2 Å². The molecule has 0 spiro atoms. The van der Waals surface area contributed by atoms with E-state index >= 15 is 0 Å². The summed E-state index contributed by atoms with van der Waals surface area (Å²) in [6.45, 7) is 6.25. The molecule has 2 rings (SSSR count). The molecule has 0 bridgehead atoms. The van der Waals surface area contributed by atoms with Crippen LogP contribution in [0.3, 0.4) is 0 Å². The number of rotatable bonds is 4. The summed E-state index contributed by atoms with van der Waals surface area (Å²) < 4.78 is 0.